The molecule has 1 aromatic carbocycles. The van der Waals surface area contributed by atoms with Crippen molar-refractivity contribution in [3.05, 3.63) is 65.1 Å². The number of nitrogens with two attached hydrogens (primary N) is 1. The lowest BCUT2D eigenvalue weighted by atomic mass is 9.90. The molecule has 4 aromatic heterocycles. The van der Waals surface area contributed by atoms with Gasteiger partial charge in [-0.1, -0.05) is 24.1 Å². The van der Waals surface area contributed by atoms with Gasteiger partial charge >= 0.3 is 0 Å². The fourth-order valence-corrected chi connectivity index (χ4v) is 7.03. The van der Waals surface area contributed by atoms with Gasteiger partial charge in [0.1, 0.15) is 23.5 Å². The maximum atomic E-state index is 12.9. The van der Waals surface area contributed by atoms with Crippen molar-refractivity contribution >= 4 is 45.0 Å². The first-order valence-corrected chi connectivity index (χ1v) is 13.1. The number of aromatic nitrogens is 5. The van der Waals surface area contributed by atoms with Gasteiger partial charge in [0.25, 0.3) is 5.91 Å². The van der Waals surface area contributed by atoms with E-state index in [-0.39, 0.29) is 17.0 Å². The van der Waals surface area contributed by atoms with Gasteiger partial charge in [-0.25, -0.2) is 15.0 Å². The number of amides is 1. The number of nitrogens with zero attached hydrogens (tertiary/aromatic N) is 5. The molecule has 2 saturated carbocycles. The van der Waals surface area contributed by atoms with E-state index < -0.39 is 0 Å². The van der Waals surface area contributed by atoms with Gasteiger partial charge in [0.2, 0.25) is 0 Å². The number of carbonyl (C=O) groups is 1. The van der Waals surface area contributed by atoms with Crippen LogP contribution in [0.25, 0.3) is 33.1 Å². The first-order chi connectivity index (χ1) is 18.0. The minimum atomic E-state index is -0.297. The normalized spacial score (nSPS) is 22.5. The van der Waals surface area contributed by atoms with Crippen molar-refractivity contribution in [3.8, 4) is 23.5 Å². The summed E-state index contributed by atoms with van der Waals surface area (Å²) in [5.74, 6) is 3.25. The maximum Gasteiger partial charge on any atom is 0.280 e. The Hall–Kier alpha value is -4.29. The number of hydrogen-bond acceptors (Lipinski definition) is 7. The molecule has 182 valence electrons. The summed E-state index contributed by atoms with van der Waals surface area (Å²) in [7, 11) is 0. The average Bonchev–Trinajstić information content (AvgIpc) is 3.70. The first kappa shape index (κ1) is 21.9. The lowest BCUT2D eigenvalue weighted by molar-refractivity contribution is 0.0900. The van der Waals surface area contributed by atoms with Crippen LogP contribution in [-0.4, -0.2) is 35.9 Å². The Bertz CT molecular complexity index is 1740. The van der Waals surface area contributed by atoms with Gasteiger partial charge in [0.05, 0.1) is 10.9 Å². The molecule has 0 aliphatic heterocycles. The van der Waals surface area contributed by atoms with Crippen LogP contribution in [-0.2, 0) is 5.54 Å². The van der Waals surface area contributed by atoms with Gasteiger partial charge in [-0.05, 0) is 44.2 Å². The van der Waals surface area contributed by atoms with Crippen molar-refractivity contribution in [1.82, 2.24) is 29.8 Å². The van der Waals surface area contributed by atoms with Crippen molar-refractivity contribution in [3.63, 3.8) is 0 Å². The minimum Gasteiger partial charge on any atom is -0.383 e. The van der Waals surface area contributed by atoms with Crippen LogP contribution in [0.5, 0.6) is 0 Å². The third-order valence-corrected chi connectivity index (χ3v) is 8.85. The Kier molecular flexibility index (Phi) is 4.66. The second kappa shape index (κ2) is 7.85. The Labute approximate surface area is 217 Å². The van der Waals surface area contributed by atoms with E-state index in [4.69, 9.17) is 17.1 Å². The number of fused-ring (bicyclic) bond motifs is 4. The highest BCUT2D eigenvalue weighted by molar-refractivity contribution is 7.11. The zero-order chi connectivity index (χ0) is 25.2. The van der Waals surface area contributed by atoms with E-state index in [1.54, 1.807) is 6.20 Å². The van der Waals surface area contributed by atoms with E-state index >= 15 is 0 Å². The molecular formula is C28H23N7OS. The molecule has 0 saturated heterocycles. The molecule has 1 amide bonds. The molecule has 0 unspecified atom stereocenters. The summed E-state index contributed by atoms with van der Waals surface area (Å²) < 4.78 is 2.20. The summed E-state index contributed by atoms with van der Waals surface area (Å²) in [5, 5.41) is 7.38. The number of rotatable bonds is 4. The molecule has 8 nitrogen and oxygen atoms in total. The van der Waals surface area contributed by atoms with Gasteiger partial charge in [-0.3, -0.25) is 9.78 Å². The molecule has 4 heterocycles. The van der Waals surface area contributed by atoms with Gasteiger partial charge in [0.15, 0.2) is 5.01 Å². The van der Waals surface area contributed by atoms with E-state index in [2.05, 4.69) is 36.8 Å². The second-order valence-electron chi connectivity index (χ2n) is 10.1. The van der Waals surface area contributed by atoms with E-state index in [1.165, 1.54) is 17.7 Å². The number of hydrogen-bond donors (Lipinski definition) is 2. The minimum absolute atomic E-state index is 0.114. The molecule has 5 aromatic rings. The van der Waals surface area contributed by atoms with Crippen LogP contribution in [0.4, 0.5) is 5.82 Å². The summed E-state index contributed by atoms with van der Waals surface area (Å²) in [5.41, 5.74) is 9.97. The van der Waals surface area contributed by atoms with Crippen molar-refractivity contribution < 1.29 is 4.79 Å². The molecule has 0 spiro atoms. The zero-order valence-electron chi connectivity index (χ0n) is 19.9. The Morgan fingerprint density at radius 3 is 2.76 bits per heavy atom. The predicted octanol–water partition coefficient (Wildman–Crippen LogP) is 4.51. The van der Waals surface area contributed by atoms with E-state index in [9.17, 15) is 4.79 Å². The number of thiazole rings is 1. The highest BCUT2D eigenvalue weighted by atomic mass is 32.1. The van der Waals surface area contributed by atoms with Gasteiger partial charge in [-0.15, -0.1) is 17.8 Å². The van der Waals surface area contributed by atoms with Gasteiger partial charge in [-0.2, -0.15) is 0 Å². The molecule has 0 atom stereocenters. The molecule has 3 N–H and O–H groups in total. The Balaban J connectivity index is 1.38. The molecule has 7 rings (SSSR count). The number of carbonyl (C=O) groups excluding carboxylic acids is 1. The van der Waals surface area contributed by atoms with Crippen LogP contribution < -0.4 is 11.1 Å². The van der Waals surface area contributed by atoms with Gasteiger partial charge in [0, 0.05) is 45.4 Å². The Morgan fingerprint density at radius 2 is 1.97 bits per heavy atom. The summed E-state index contributed by atoms with van der Waals surface area (Å²) in [4.78, 5) is 30.8. The third kappa shape index (κ3) is 3.19. The highest BCUT2D eigenvalue weighted by Gasteiger charge is 2.57. The topological polar surface area (TPSA) is 112 Å². The van der Waals surface area contributed by atoms with Gasteiger partial charge < -0.3 is 15.6 Å². The van der Waals surface area contributed by atoms with Crippen molar-refractivity contribution in [1.29, 1.82) is 0 Å². The summed E-state index contributed by atoms with van der Waals surface area (Å²) in [6, 6.07) is 10.1. The van der Waals surface area contributed by atoms with Crippen LogP contribution >= 0.6 is 11.3 Å². The molecule has 2 aliphatic rings. The molecule has 2 bridgehead atoms. The molecule has 2 aliphatic carbocycles. The monoisotopic (exact) mass is 505 g/mol. The summed E-state index contributed by atoms with van der Waals surface area (Å²) in [6.45, 7) is 0. The van der Waals surface area contributed by atoms with Crippen LogP contribution in [0, 0.1) is 12.3 Å². The number of nitrogens with one attached hydrogen (secondary N) is 1. The number of terminal acetylenes is 1. The second-order valence-corrected chi connectivity index (χ2v) is 10.9. The number of nitrogen functional groups attached to an aromatic ring is 1. The average molecular weight is 506 g/mol. The lowest BCUT2D eigenvalue weighted by Crippen LogP contribution is -2.45. The van der Waals surface area contributed by atoms with Crippen molar-refractivity contribution in [2.24, 2.45) is 0 Å². The molecular weight excluding hydrogens is 482 g/mol. The number of anilines is 1. The first-order valence-electron chi connectivity index (χ1n) is 12.2. The fourth-order valence-electron chi connectivity index (χ4n) is 6.50. The van der Waals surface area contributed by atoms with E-state index in [0.29, 0.717) is 10.8 Å². The lowest BCUT2D eigenvalue weighted by Gasteiger charge is -2.30. The zero-order valence-corrected chi connectivity index (χ0v) is 20.8. The molecule has 9 heteroatoms. The van der Waals surface area contributed by atoms with Crippen molar-refractivity contribution in [2.45, 2.75) is 43.2 Å². The van der Waals surface area contributed by atoms with Crippen molar-refractivity contribution in [2.75, 3.05) is 5.73 Å². The molecule has 37 heavy (non-hydrogen) atoms. The summed E-state index contributed by atoms with van der Waals surface area (Å²) in [6.07, 6.45) is 15.5. The smallest absolute Gasteiger partial charge is 0.280 e. The number of pyridine rings is 1. The Morgan fingerprint density at radius 1 is 1.14 bits per heavy atom. The largest absolute Gasteiger partial charge is 0.383 e. The SMILES string of the molecule is C#Cc1c(-c2cnc3ccccc3c2)c2c(N)ncnc2n1C12CCC(NC(=O)c3nccs3)(CC1)C2. The number of para-hydroxylation sites is 1. The predicted molar refractivity (Wildman–Crippen MR) is 144 cm³/mol. The third-order valence-electron chi connectivity index (χ3n) is 8.08. The standard InChI is InChI=1S/C28H23N7OS/c1-2-20-21(18-13-17-5-3-4-6-19(17)31-14-18)22-23(29)32-16-33-24(22)35(20)28-9-7-27(15-28,8-10-28)34-25(36)26-30-11-12-37-26/h1,3-6,11-14,16H,7-10,15H2,(H,34,36)(H2,29,32,33). The van der Waals surface area contributed by atoms with E-state index in [0.717, 1.165) is 70.9 Å². The molecule has 2 fully saturated rings. The van der Waals surface area contributed by atoms with E-state index in [1.807, 2.05) is 35.8 Å². The highest BCUT2D eigenvalue weighted by Crippen LogP contribution is 2.57. The van der Waals surface area contributed by atoms with Crippen LogP contribution in [0.2, 0.25) is 0 Å². The van der Waals surface area contributed by atoms with Crippen LogP contribution in [0.1, 0.15) is 47.6 Å². The quantitative estimate of drug-likeness (QED) is 0.348. The summed E-state index contributed by atoms with van der Waals surface area (Å²) >= 11 is 1.35. The van der Waals surface area contributed by atoms with Crippen LogP contribution in [0.3, 0.4) is 0 Å². The fraction of sp³-hybridized carbons (Fsp3) is 0.250. The number of benzene rings is 1. The van der Waals surface area contributed by atoms with Crippen LogP contribution in [0.15, 0.2) is 54.4 Å². The maximum absolute atomic E-state index is 12.9. The molecule has 0 radical (unpaired) electrons.